The van der Waals surface area contributed by atoms with E-state index in [1.807, 2.05) is 11.3 Å². The number of aryl methyl sites for hydroxylation is 1. The van der Waals surface area contributed by atoms with Crippen LogP contribution in [0.3, 0.4) is 0 Å². The van der Waals surface area contributed by atoms with Gasteiger partial charge in [0, 0.05) is 4.88 Å². The molecule has 1 aromatic rings. The van der Waals surface area contributed by atoms with Crippen LogP contribution in [0.15, 0.2) is 17.5 Å². The van der Waals surface area contributed by atoms with Crippen LogP contribution in [0.4, 0.5) is 0 Å². The summed E-state index contributed by atoms with van der Waals surface area (Å²) >= 11 is 1.81. The fourth-order valence-electron chi connectivity index (χ4n) is 2.86. The Morgan fingerprint density at radius 1 is 1.62 bits per heavy atom. The number of nitriles is 1. The summed E-state index contributed by atoms with van der Waals surface area (Å²) in [6.45, 7) is 2.29. The second-order valence-corrected chi connectivity index (χ2v) is 6.21. The largest absolute Gasteiger partial charge is 0.198 e. The highest BCUT2D eigenvalue weighted by Crippen LogP contribution is 2.42. The van der Waals surface area contributed by atoms with E-state index in [1.165, 1.54) is 17.7 Å². The van der Waals surface area contributed by atoms with E-state index >= 15 is 0 Å². The van der Waals surface area contributed by atoms with E-state index in [0.717, 1.165) is 31.6 Å². The summed E-state index contributed by atoms with van der Waals surface area (Å²) in [5, 5.41) is 11.6. The van der Waals surface area contributed by atoms with Crippen LogP contribution in [-0.4, -0.2) is 0 Å². The molecule has 0 aromatic carbocycles. The van der Waals surface area contributed by atoms with Gasteiger partial charge in [-0.05, 0) is 43.0 Å². The van der Waals surface area contributed by atoms with Crippen molar-refractivity contribution in [1.29, 1.82) is 5.26 Å². The van der Waals surface area contributed by atoms with Crippen LogP contribution in [0.2, 0.25) is 0 Å². The summed E-state index contributed by atoms with van der Waals surface area (Å²) in [6, 6.07) is 6.90. The number of rotatable bonds is 3. The van der Waals surface area contributed by atoms with Crippen molar-refractivity contribution in [3.63, 3.8) is 0 Å². The van der Waals surface area contributed by atoms with Gasteiger partial charge >= 0.3 is 0 Å². The maximum absolute atomic E-state index is 9.44. The fourth-order valence-corrected chi connectivity index (χ4v) is 3.57. The van der Waals surface area contributed by atoms with Crippen molar-refractivity contribution in [1.82, 2.24) is 0 Å². The molecular formula is C14H19NS. The minimum Gasteiger partial charge on any atom is -0.198 e. The van der Waals surface area contributed by atoms with E-state index in [0.29, 0.717) is 0 Å². The summed E-state index contributed by atoms with van der Waals surface area (Å²) in [5.74, 6) is 0.733. The third kappa shape index (κ3) is 2.65. The standard InChI is InChI=1S/C14H19NS/c1-12-4-2-7-14(10-12,11-15)8-6-13-5-3-9-16-13/h3,5,9,12H,2,4,6-8,10H2,1H3. The highest BCUT2D eigenvalue weighted by atomic mass is 32.1. The van der Waals surface area contributed by atoms with Gasteiger partial charge < -0.3 is 0 Å². The molecule has 1 aliphatic carbocycles. The molecule has 0 N–H and O–H groups in total. The maximum Gasteiger partial charge on any atom is 0.0689 e. The Hall–Kier alpha value is -0.810. The molecule has 0 spiro atoms. The van der Waals surface area contributed by atoms with Crippen molar-refractivity contribution >= 4 is 11.3 Å². The molecular weight excluding hydrogens is 214 g/mol. The Bertz CT molecular complexity index is 363. The monoisotopic (exact) mass is 233 g/mol. The summed E-state index contributed by atoms with van der Waals surface area (Å²) < 4.78 is 0. The average molecular weight is 233 g/mol. The van der Waals surface area contributed by atoms with Gasteiger partial charge in [0.1, 0.15) is 0 Å². The molecule has 0 saturated heterocycles. The van der Waals surface area contributed by atoms with Crippen molar-refractivity contribution in [3.8, 4) is 6.07 Å². The first-order chi connectivity index (χ1) is 7.74. The van der Waals surface area contributed by atoms with E-state index in [2.05, 4.69) is 30.5 Å². The molecule has 1 fully saturated rings. The number of thiophene rings is 1. The summed E-state index contributed by atoms with van der Waals surface area (Å²) in [6.07, 6.45) is 6.89. The summed E-state index contributed by atoms with van der Waals surface area (Å²) in [7, 11) is 0. The van der Waals surface area contributed by atoms with Crippen LogP contribution < -0.4 is 0 Å². The lowest BCUT2D eigenvalue weighted by atomic mass is 9.68. The van der Waals surface area contributed by atoms with Gasteiger partial charge in [-0.15, -0.1) is 11.3 Å². The molecule has 0 aliphatic heterocycles. The molecule has 2 unspecified atom stereocenters. The smallest absolute Gasteiger partial charge is 0.0689 e. The zero-order valence-electron chi connectivity index (χ0n) is 9.91. The van der Waals surface area contributed by atoms with Gasteiger partial charge in [0.05, 0.1) is 11.5 Å². The van der Waals surface area contributed by atoms with Crippen LogP contribution in [0, 0.1) is 22.7 Å². The Morgan fingerprint density at radius 2 is 2.50 bits per heavy atom. The molecule has 1 heterocycles. The third-order valence-electron chi connectivity index (χ3n) is 3.76. The van der Waals surface area contributed by atoms with Gasteiger partial charge in [-0.2, -0.15) is 5.26 Å². The molecule has 2 heteroatoms. The number of hydrogen-bond acceptors (Lipinski definition) is 2. The minimum atomic E-state index is -0.0261. The highest BCUT2D eigenvalue weighted by Gasteiger charge is 2.34. The van der Waals surface area contributed by atoms with Gasteiger partial charge in [0.25, 0.3) is 0 Å². The molecule has 16 heavy (non-hydrogen) atoms. The Kier molecular flexibility index (Phi) is 3.66. The normalized spacial score (nSPS) is 29.9. The topological polar surface area (TPSA) is 23.8 Å². The van der Waals surface area contributed by atoms with Crippen LogP contribution in [-0.2, 0) is 6.42 Å². The van der Waals surface area contributed by atoms with Gasteiger partial charge in [-0.1, -0.05) is 25.8 Å². The van der Waals surface area contributed by atoms with Crippen molar-refractivity contribution < 1.29 is 0 Å². The lowest BCUT2D eigenvalue weighted by Crippen LogP contribution is -2.26. The van der Waals surface area contributed by atoms with Gasteiger partial charge in [0.15, 0.2) is 0 Å². The molecule has 2 rings (SSSR count). The van der Waals surface area contributed by atoms with Crippen LogP contribution in [0.5, 0.6) is 0 Å². The Morgan fingerprint density at radius 3 is 3.12 bits per heavy atom. The first kappa shape index (κ1) is 11.7. The van der Waals surface area contributed by atoms with E-state index in [1.54, 1.807) is 0 Å². The first-order valence-corrected chi connectivity index (χ1v) is 7.06. The van der Waals surface area contributed by atoms with Crippen LogP contribution in [0.1, 0.15) is 43.9 Å². The van der Waals surface area contributed by atoms with Crippen molar-refractivity contribution in [2.75, 3.05) is 0 Å². The number of nitrogens with zero attached hydrogens (tertiary/aromatic N) is 1. The lowest BCUT2D eigenvalue weighted by molar-refractivity contribution is 0.198. The summed E-state index contributed by atoms with van der Waals surface area (Å²) in [5.41, 5.74) is -0.0261. The van der Waals surface area contributed by atoms with Gasteiger partial charge in [-0.25, -0.2) is 0 Å². The van der Waals surface area contributed by atoms with Gasteiger partial charge in [-0.3, -0.25) is 0 Å². The van der Waals surface area contributed by atoms with Crippen LogP contribution >= 0.6 is 11.3 Å². The average Bonchev–Trinajstić information content (AvgIpc) is 2.79. The van der Waals surface area contributed by atoms with Gasteiger partial charge in [0.2, 0.25) is 0 Å². The molecule has 1 aromatic heterocycles. The number of hydrogen-bond donors (Lipinski definition) is 0. The van der Waals surface area contributed by atoms with Crippen molar-refractivity contribution in [2.45, 2.75) is 45.4 Å². The maximum atomic E-state index is 9.44. The zero-order chi connectivity index (χ0) is 11.4. The molecule has 1 saturated carbocycles. The molecule has 0 amide bonds. The highest BCUT2D eigenvalue weighted by molar-refractivity contribution is 7.09. The minimum absolute atomic E-state index is 0.0261. The van der Waals surface area contributed by atoms with Crippen molar-refractivity contribution in [2.24, 2.45) is 11.3 Å². The fraction of sp³-hybridized carbons (Fsp3) is 0.643. The Labute approximate surface area is 102 Å². The zero-order valence-corrected chi connectivity index (χ0v) is 10.7. The SMILES string of the molecule is CC1CCCC(C#N)(CCc2cccs2)C1. The quantitative estimate of drug-likeness (QED) is 0.759. The summed E-state index contributed by atoms with van der Waals surface area (Å²) in [4.78, 5) is 1.42. The van der Waals surface area contributed by atoms with E-state index in [9.17, 15) is 5.26 Å². The predicted molar refractivity (Wildman–Crippen MR) is 68.3 cm³/mol. The van der Waals surface area contributed by atoms with Crippen molar-refractivity contribution in [3.05, 3.63) is 22.4 Å². The molecule has 1 aliphatic rings. The molecule has 86 valence electrons. The third-order valence-corrected chi connectivity index (χ3v) is 4.69. The predicted octanol–water partition coefficient (Wildman–Crippen LogP) is 4.40. The first-order valence-electron chi connectivity index (χ1n) is 6.18. The Balaban J connectivity index is 1.97. The second kappa shape index (κ2) is 5.01. The lowest BCUT2D eigenvalue weighted by Gasteiger charge is -2.34. The van der Waals surface area contributed by atoms with E-state index in [4.69, 9.17) is 0 Å². The van der Waals surface area contributed by atoms with E-state index in [-0.39, 0.29) is 5.41 Å². The molecule has 0 bridgehead atoms. The van der Waals surface area contributed by atoms with E-state index < -0.39 is 0 Å². The second-order valence-electron chi connectivity index (χ2n) is 5.17. The molecule has 2 atom stereocenters. The molecule has 0 radical (unpaired) electrons. The van der Waals surface area contributed by atoms with Crippen LogP contribution in [0.25, 0.3) is 0 Å². The molecule has 1 nitrogen and oxygen atoms in total.